The Morgan fingerprint density at radius 3 is 2.38 bits per heavy atom. The number of para-hydroxylation sites is 2. The molecule has 5 nitrogen and oxygen atoms in total. The molecular weight excluding hydrogens is 432 g/mol. The Balaban J connectivity index is 1.77. The van der Waals surface area contributed by atoms with E-state index in [9.17, 15) is 14.7 Å². The summed E-state index contributed by atoms with van der Waals surface area (Å²) in [5.41, 5.74) is 0.988. The van der Waals surface area contributed by atoms with Crippen LogP contribution in [-0.2, 0) is 15.2 Å². The van der Waals surface area contributed by atoms with Crippen molar-refractivity contribution in [1.82, 2.24) is 0 Å². The van der Waals surface area contributed by atoms with Crippen LogP contribution >= 0.6 is 15.9 Å². The van der Waals surface area contributed by atoms with Crippen molar-refractivity contribution >= 4 is 44.8 Å². The number of halogens is 1. The van der Waals surface area contributed by atoms with Crippen molar-refractivity contribution < 1.29 is 14.7 Å². The van der Waals surface area contributed by atoms with Crippen molar-refractivity contribution in [1.29, 1.82) is 0 Å². The fourth-order valence-electron chi connectivity index (χ4n) is 4.40. The molecule has 0 saturated carbocycles. The maximum atomic E-state index is 13.7. The molecular formula is C23H17BrN2O3. The Morgan fingerprint density at radius 2 is 1.62 bits per heavy atom. The van der Waals surface area contributed by atoms with Gasteiger partial charge in [-0.3, -0.25) is 14.5 Å². The van der Waals surface area contributed by atoms with Crippen LogP contribution in [0.5, 0.6) is 0 Å². The van der Waals surface area contributed by atoms with Crippen LogP contribution in [0.25, 0.3) is 0 Å². The van der Waals surface area contributed by atoms with Crippen LogP contribution in [0, 0.1) is 0 Å². The van der Waals surface area contributed by atoms with Crippen LogP contribution in [0.2, 0.25) is 0 Å². The predicted molar refractivity (Wildman–Crippen MR) is 114 cm³/mol. The summed E-state index contributed by atoms with van der Waals surface area (Å²) >= 11 is 3.44. The van der Waals surface area contributed by atoms with Gasteiger partial charge in [-0.05, 0) is 42.0 Å². The second kappa shape index (κ2) is 6.27. The number of anilines is 3. The first kappa shape index (κ1) is 18.1. The molecule has 2 aliphatic heterocycles. The molecule has 2 unspecified atom stereocenters. The van der Waals surface area contributed by atoms with Crippen LogP contribution in [0.4, 0.5) is 17.1 Å². The maximum absolute atomic E-state index is 13.7. The lowest BCUT2D eigenvalue weighted by atomic mass is 9.78. The number of benzene rings is 3. The third-order valence-electron chi connectivity index (χ3n) is 5.76. The molecule has 0 radical (unpaired) electrons. The Bertz CT molecular complexity index is 1160. The average molecular weight is 449 g/mol. The zero-order valence-electron chi connectivity index (χ0n) is 15.5. The minimum absolute atomic E-state index is 0.303. The fourth-order valence-corrected chi connectivity index (χ4v) is 4.76. The summed E-state index contributed by atoms with van der Waals surface area (Å²) < 4.78 is 0.726. The highest BCUT2D eigenvalue weighted by Crippen LogP contribution is 2.55. The van der Waals surface area contributed by atoms with E-state index in [1.54, 1.807) is 25.2 Å². The van der Waals surface area contributed by atoms with E-state index in [1.165, 1.54) is 9.80 Å². The van der Waals surface area contributed by atoms with E-state index in [2.05, 4.69) is 15.9 Å². The topological polar surface area (TPSA) is 60.9 Å². The van der Waals surface area contributed by atoms with Gasteiger partial charge in [-0.15, -0.1) is 0 Å². The Labute approximate surface area is 176 Å². The van der Waals surface area contributed by atoms with Gasteiger partial charge in [-0.2, -0.15) is 0 Å². The third kappa shape index (κ3) is 2.36. The molecule has 0 fully saturated rings. The fraction of sp³-hybridized carbons (Fsp3) is 0.130. The standard InChI is InChI=1S/C23H17BrN2O3/c1-25-18-10-6-5-9-16(18)20(21(25)27)23(29)17-13-14(24)11-12-19(17)26(22(23)28)15-7-3-2-4-8-15/h2-13,20,29H,1H3. The monoisotopic (exact) mass is 448 g/mol. The van der Waals surface area contributed by atoms with Crippen molar-refractivity contribution in [3.8, 4) is 0 Å². The van der Waals surface area contributed by atoms with E-state index in [-0.39, 0.29) is 5.91 Å². The van der Waals surface area contributed by atoms with Crippen molar-refractivity contribution in [3.63, 3.8) is 0 Å². The highest BCUT2D eigenvalue weighted by atomic mass is 79.9. The van der Waals surface area contributed by atoms with E-state index >= 15 is 0 Å². The van der Waals surface area contributed by atoms with Gasteiger partial charge in [0.15, 0.2) is 5.60 Å². The summed E-state index contributed by atoms with van der Waals surface area (Å²) in [5.74, 6) is -1.85. The summed E-state index contributed by atoms with van der Waals surface area (Å²) in [4.78, 5) is 30.0. The van der Waals surface area contributed by atoms with Crippen molar-refractivity contribution in [3.05, 3.63) is 88.4 Å². The molecule has 2 atom stereocenters. The number of amides is 2. The van der Waals surface area contributed by atoms with Gasteiger partial charge in [0.1, 0.15) is 5.92 Å². The number of likely N-dealkylation sites (N-methyl/N-ethyl adjacent to an activating group) is 1. The molecule has 2 heterocycles. The zero-order chi connectivity index (χ0) is 20.3. The molecule has 0 bridgehead atoms. The molecule has 0 aromatic heterocycles. The summed E-state index contributed by atoms with van der Waals surface area (Å²) in [7, 11) is 1.67. The van der Waals surface area contributed by atoms with E-state index in [0.717, 1.165) is 4.47 Å². The summed E-state index contributed by atoms with van der Waals surface area (Å²) in [6.07, 6.45) is 0. The van der Waals surface area contributed by atoms with Gasteiger partial charge in [-0.25, -0.2) is 0 Å². The Morgan fingerprint density at radius 1 is 0.931 bits per heavy atom. The smallest absolute Gasteiger partial charge is 0.269 e. The number of rotatable bonds is 2. The molecule has 2 amide bonds. The second-order valence-corrected chi connectivity index (χ2v) is 8.21. The van der Waals surface area contributed by atoms with Gasteiger partial charge >= 0.3 is 0 Å². The minimum Gasteiger partial charge on any atom is -0.374 e. The van der Waals surface area contributed by atoms with Crippen LogP contribution < -0.4 is 9.80 Å². The highest BCUT2D eigenvalue weighted by Gasteiger charge is 2.60. The second-order valence-electron chi connectivity index (χ2n) is 7.29. The zero-order valence-corrected chi connectivity index (χ0v) is 17.1. The van der Waals surface area contributed by atoms with Gasteiger partial charge in [0.2, 0.25) is 5.91 Å². The van der Waals surface area contributed by atoms with Gasteiger partial charge < -0.3 is 10.0 Å². The molecule has 2 aliphatic rings. The van der Waals surface area contributed by atoms with Crippen molar-refractivity contribution in [2.45, 2.75) is 11.5 Å². The van der Waals surface area contributed by atoms with E-state index < -0.39 is 17.4 Å². The molecule has 6 heteroatoms. The first-order valence-electron chi connectivity index (χ1n) is 9.23. The number of fused-ring (bicyclic) bond motifs is 2. The van der Waals surface area contributed by atoms with Crippen molar-refractivity contribution in [2.24, 2.45) is 0 Å². The number of carbonyl (C=O) groups is 2. The van der Waals surface area contributed by atoms with Crippen LogP contribution in [0.3, 0.4) is 0 Å². The summed E-state index contributed by atoms with van der Waals surface area (Å²) in [6, 6.07) is 21.8. The normalized spacial score (nSPS) is 22.8. The van der Waals surface area contributed by atoms with Gasteiger partial charge in [-0.1, -0.05) is 52.3 Å². The van der Waals surface area contributed by atoms with Crippen LogP contribution in [0.1, 0.15) is 17.0 Å². The van der Waals surface area contributed by atoms with Gasteiger partial charge in [0.05, 0.1) is 5.69 Å². The number of nitrogens with zero attached hydrogens (tertiary/aromatic N) is 2. The molecule has 0 aliphatic carbocycles. The lowest BCUT2D eigenvalue weighted by Crippen LogP contribution is -2.46. The lowest BCUT2D eigenvalue weighted by Gasteiger charge is -2.28. The number of aliphatic hydroxyl groups is 1. The molecule has 0 spiro atoms. The molecule has 0 saturated heterocycles. The predicted octanol–water partition coefficient (Wildman–Crippen LogP) is 4.08. The van der Waals surface area contributed by atoms with E-state index in [0.29, 0.717) is 28.2 Å². The lowest BCUT2D eigenvalue weighted by molar-refractivity contribution is -0.143. The summed E-state index contributed by atoms with van der Waals surface area (Å²) in [5, 5.41) is 11.9. The number of hydrogen-bond acceptors (Lipinski definition) is 3. The molecule has 3 aromatic rings. The first-order chi connectivity index (χ1) is 13.9. The third-order valence-corrected chi connectivity index (χ3v) is 6.25. The quantitative estimate of drug-likeness (QED) is 0.642. The Kier molecular flexibility index (Phi) is 3.91. The van der Waals surface area contributed by atoms with Gasteiger partial charge in [0.25, 0.3) is 5.91 Å². The molecule has 5 rings (SSSR count). The van der Waals surface area contributed by atoms with Crippen LogP contribution in [0.15, 0.2) is 77.3 Å². The minimum atomic E-state index is -2.01. The van der Waals surface area contributed by atoms with Gasteiger partial charge in [0, 0.05) is 28.5 Å². The molecule has 3 aromatic carbocycles. The largest absolute Gasteiger partial charge is 0.374 e. The van der Waals surface area contributed by atoms with Crippen LogP contribution in [-0.4, -0.2) is 24.0 Å². The van der Waals surface area contributed by atoms with E-state index in [1.807, 2.05) is 54.6 Å². The summed E-state index contributed by atoms with van der Waals surface area (Å²) in [6.45, 7) is 0. The van der Waals surface area contributed by atoms with Crippen molar-refractivity contribution in [2.75, 3.05) is 16.8 Å². The van der Waals surface area contributed by atoms with E-state index in [4.69, 9.17) is 0 Å². The Hall–Kier alpha value is -2.96. The maximum Gasteiger partial charge on any atom is 0.269 e. The molecule has 1 N–H and O–H groups in total. The first-order valence-corrected chi connectivity index (χ1v) is 10.0. The highest BCUT2D eigenvalue weighted by molar-refractivity contribution is 9.10. The average Bonchev–Trinajstić information content (AvgIpc) is 3.12. The molecule has 144 valence electrons. The number of hydrogen-bond donors (Lipinski definition) is 1. The SMILES string of the molecule is CN1C(=O)C(C2(O)C(=O)N(c3ccccc3)c3ccc(Br)cc32)c2ccccc21. The number of carbonyl (C=O) groups excluding carboxylic acids is 2. The molecule has 29 heavy (non-hydrogen) atoms.